The Hall–Kier alpha value is -1.11. The molecule has 1 amide bonds. The SMILES string of the molecule is O=CNC(c1ccc(Br)cn1)C(F)(F)F. The number of carbonyl (C=O) groups excluding carboxylic acids is 1. The molecule has 0 saturated heterocycles. The molecular formula is C8H6BrF3N2O. The number of carbonyl (C=O) groups is 1. The summed E-state index contributed by atoms with van der Waals surface area (Å²) in [5.41, 5.74) is -0.252. The number of alkyl halides is 3. The normalized spacial score (nSPS) is 13.3. The van der Waals surface area contributed by atoms with E-state index >= 15 is 0 Å². The third-order valence-electron chi connectivity index (χ3n) is 1.61. The monoisotopic (exact) mass is 282 g/mol. The number of rotatable bonds is 3. The van der Waals surface area contributed by atoms with Crippen LogP contribution in [0.3, 0.4) is 0 Å². The molecule has 1 unspecified atom stereocenters. The van der Waals surface area contributed by atoms with Crippen molar-refractivity contribution in [3.05, 3.63) is 28.5 Å². The lowest BCUT2D eigenvalue weighted by Crippen LogP contribution is -2.33. The number of amides is 1. The molecule has 0 aliphatic carbocycles. The fourth-order valence-electron chi connectivity index (χ4n) is 0.974. The number of nitrogens with one attached hydrogen (secondary N) is 1. The molecule has 1 N–H and O–H groups in total. The Balaban J connectivity index is 2.99. The van der Waals surface area contributed by atoms with Gasteiger partial charge in [0, 0.05) is 10.7 Å². The minimum absolute atomic E-state index is 0.00187. The number of pyridine rings is 1. The lowest BCUT2D eigenvalue weighted by Gasteiger charge is -2.18. The Bertz CT molecular complexity index is 339. The van der Waals surface area contributed by atoms with E-state index in [1.807, 2.05) is 0 Å². The highest BCUT2D eigenvalue weighted by molar-refractivity contribution is 9.10. The van der Waals surface area contributed by atoms with Gasteiger partial charge in [0.05, 0.1) is 5.69 Å². The lowest BCUT2D eigenvalue weighted by molar-refractivity contribution is -0.161. The predicted octanol–water partition coefficient (Wildman–Crippen LogP) is 2.19. The van der Waals surface area contributed by atoms with Gasteiger partial charge in [-0.1, -0.05) is 0 Å². The molecule has 0 bridgehead atoms. The van der Waals surface area contributed by atoms with Crippen LogP contribution < -0.4 is 5.32 Å². The van der Waals surface area contributed by atoms with Crippen molar-refractivity contribution in [3.63, 3.8) is 0 Å². The first-order valence-corrected chi connectivity index (χ1v) is 4.62. The second kappa shape index (κ2) is 4.61. The fraction of sp³-hybridized carbons (Fsp3) is 0.250. The molecule has 0 spiro atoms. The van der Waals surface area contributed by atoms with Gasteiger partial charge in [-0.25, -0.2) is 0 Å². The summed E-state index contributed by atoms with van der Waals surface area (Å²) in [6, 6.07) is 0.551. The van der Waals surface area contributed by atoms with Gasteiger partial charge in [-0.05, 0) is 28.1 Å². The van der Waals surface area contributed by atoms with Gasteiger partial charge in [-0.3, -0.25) is 9.78 Å². The van der Waals surface area contributed by atoms with Crippen molar-refractivity contribution in [1.29, 1.82) is 0 Å². The van der Waals surface area contributed by atoms with E-state index in [4.69, 9.17) is 0 Å². The van der Waals surface area contributed by atoms with Crippen LogP contribution in [0, 0.1) is 0 Å². The van der Waals surface area contributed by atoms with Crippen LogP contribution in [-0.2, 0) is 4.79 Å². The lowest BCUT2D eigenvalue weighted by atomic mass is 10.2. The van der Waals surface area contributed by atoms with Gasteiger partial charge < -0.3 is 5.32 Å². The van der Waals surface area contributed by atoms with Gasteiger partial charge in [0.25, 0.3) is 0 Å². The number of hydrogen-bond donors (Lipinski definition) is 1. The molecule has 3 nitrogen and oxygen atoms in total. The average molecular weight is 283 g/mol. The quantitative estimate of drug-likeness (QED) is 0.864. The van der Waals surface area contributed by atoms with E-state index < -0.39 is 12.2 Å². The van der Waals surface area contributed by atoms with Crippen molar-refractivity contribution in [2.24, 2.45) is 0 Å². The van der Waals surface area contributed by atoms with E-state index in [1.54, 1.807) is 5.32 Å². The van der Waals surface area contributed by atoms with Crippen LogP contribution in [0.1, 0.15) is 11.7 Å². The molecule has 1 heterocycles. The van der Waals surface area contributed by atoms with Crippen LogP contribution in [0.25, 0.3) is 0 Å². The predicted molar refractivity (Wildman–Crippen MR) is 49.9 cm³/mol. The Morgan fingerprint density at radius 3 is 2.53 bits per heavy atom. The van der Waals surface area contributed by atoms with Crippen LogP contribution in [0.2, 0.25) is 0 Å². The maximum atomic E-state index is 12.4. The Kier molecular flexibility index (Phi) is 3.67. The summed E-state index contributed by atoms with van der Waals surface area (Å²) >= 11 is 3.05. The first-order chi connectivity index (χ1) is 6.95. The van der Waals surface area contributed by atoms with Crippen LogP contribution in [-0.4, -0.2) is 17.6 Å². The van der Waals surface area contributed by atoms with E-state index in [0.29, 0.717) is 4.47 Å². The van der Waals surface area contributed by atoms with Crippen molar-refractivity contribution in [2.45, 2.75) is 12.2 Å². The van der Waals surface area contributed by atoms with Crippen LogP contribution in [0.5, 0.6) is 0 Å². The topological polar surface area (TPSA) is 42.0 Å². The van der Waals surface area contributed by atoms with Gasteiger partial charge in [-0.2, -0.15) is 13.2 Å². The highest BCUT2D eigenvalue weighted by atomic mass is 79.9. The van der Waals surface area contributed by atoms with E-state index in [1.165, 1.54) is 18.3 Å². The highest BCUT2D eigenvalue weighted by Gasteiger charge is 2.41. The van der Waals surface area contributed by atoms with Gasteiger partial charge >= 0.3 is 6.18 Å². The van der Waals surface area contributed by atoms with Gasteiger partial charge in [0.1, 0.15) is 0 Å². The minimum atomic E-state index is -4.55. The molecule has 1 aromatic heterocycles. The summed E-state index contributed by atoms with van der Waals surface area (Å²) in [7, 11) is 0. The summed E-state index contributed by atoms with van der Waals surface area (Å²) in [4.78, 5) is 13.6. The summed E-state index contributed by atoms with van der Waals surface area (Å²) in [5, 5.41) is 1.67. The minimum Gasteiger partial charge on any atom is -0.342 e. The molecule has 0 saturated carbocycles. The second-order valence-corrected chi connectivity index (χ2v) is 3.58. The zero-order valence-electron chi connectivity index (χ0n) is 7.25. The molecule has 1 rings (SSSR count). The first kappa shape index (κ1) is 12.0. The maximum absolute atomic E-state index is 12.4. The number of hydrogen-bond acceptors (Lipinski definition) is 2. The zero-order valence-corrected chi connectivity index (χ0v) is 8.84. The standard InChI is InChI=1S/C8H6BrF3N2O/c9-5-1-2-6(13-3-5)7(14-4-15)8(10,11)12/h1-4,7H,(H,14,15). The average Bonchev–Trinajstić information content (AvgIpc) is 2.14. The van der Waals surface area contributed by atoms with Crippen LogP contribution in [0.4, 0.5) is 13.2 Å². The van der Waals surface area contributed by atoms with Crippen molar-refractivity contribution >= 4 is 22.3 Å². The first-order valence-electron chi connectivity index (χ1n) is 3.83. The van der Waals surface area contributed by atoms with E-state index in [-0.39, 0.29) is 12.1 Å². The van der Waals surface area contributed by atoms with Crippen LogP contribution >= 0.6 is 15.9 Å². The summed E-state index contributed by atoms with van der Waals surface area (Å²) < 4.78 is 37.8. The van der Waals surface area contributed by atoms with E-state index in [0.717, 1.165) is 0 Å². The van der Waals surface area contributed by atoms with E-state index in [9.17, 15) is 18.0 Å². The molecule has 15 heavy (non-hydrogen) atoms. The van der Waals surface area contributed by atoms with E-state index in [2.05, 4.69) is 20.9 Å². The fourth-order valence-corrected chi connectivity index (χ4v) is 1.21. The van der Waals surface area contributed by atoms with Crippen molar-refractivity contribution in [1.82, 2.24) is 10.3 Å². The smallest absolute Gasteiger partial charge is 0.342 e. The van der Waals surface area contributed by atoms with Crippen molar-refractivity contribution in [2.75, 3.05) is 0 Å². The van der Waals surface area contributed by atoms with Crippen molar-refractivity contribution < 1.29 is 18.0 Å². The Morgan fingerprint density at radius 1 is 1.47 bits per heavy atom. The molecular weight excluding hydrogens is 277 g/mol. The molecule has 0 aliphatic rings. The largest absolute Gasteiger partial charge is 0.414 e. The Labute approximate surface area is 91.8 Å². The zero-order chi connectivity index (χ0) is 11.5. The van der Waals surface area contributed by atoms with Crippen LogP contribution in [0.15, 0.2) is 22.8 Å². The molecule has 7 heteroatoms. The number of aromatic nitrogens is 1. The number of halogens is 4. The molecule has 1 aromatic rings. The molecule has 0 aliphatic heterocycles. The summed E-state index contributed by atoms with van der Waals surface area (Å²) in [6.45, 7) is 0. The molecule has 0 aromatic carbocycles. The third-order valence-corrected chi connectivity index (χ3v) is 2.08. The third kappa shape index (κ3) is 3.19. The highest BCUT2D eigenvalue weighted by Crippen LogP contribution is 2.31. The summed E-state index contributed by atoms with van der Waals surface area (Å²) in [6.07, 6.45) is -3.32. The van der Waals surface area contributed by atoms with Gasteiger partial charge in [-0.15, -0.1) is 0 Å². The molecule has 0 radical (unpaired) electrons. The molecule has 0 fully saturated rings. The molecule has 82 valence electrons. The number of nitrogens with zero attached hydrogens (tertiary/aromatic N) is 1. The maximum Gasteiger partial charge on any atom is 0.414 e. The summed E-state index contributed by atoms with van der Waals surface area (Å²) in [5.74, 6) is 0. The Morgan fingerprint density at radius 2 is 2.13 bits per heavy atom. The molecule has 1 atom stereocenters. The van der Waals surface area contributed by atoms with Gasteiger partial charge in [0.15, 0.2) is 6.04 Å². The van der Waals surface area contributed by atoms with Gasteiger partial charge in [0.2, 0.25) is 6.41 Å². The second-order valence-electron chi connectivity index (χ2n) is 2.66. The van der Waals surface area contributed by atoms with Crippen molar-refractivity contribution in [3.8, 4) is 0 Å².